The second kappa shape index (κ2) is 3.65. The van der Waals surface area contributed by atoms with Crippen LogP contribution in [0.25, 0.3) is 0 Å². The number of aromatic carboxylic acids is 1. The highest BCUT2D eigenvalue weighted by molar-refractivity contribution is 5.88. The maximum absolute atomic E-state index is 12.4. The Balaban J connectivity index is 3.40. The summed E-state index contributed by atoms with van der Waals surface area (Å²) < 4.78 is 37.2. The number of carbonyl (C=O) groups is 1. The molecule has 0 spiro atoms. The number of benzene rings is 1. The minimum absolute atomic E-state index is 0.368. The molecule has 0 aliphatic carbocycles. The summed E-state index contributed by atoms with van der Waals surface area (Å²) >= 11 is 0. The highest BCUT2D eigenvalue weighted by Gasteiger charge is 2.33. The number of halogens is 3. The van der Waals surface area contributed by atoms with Crippen LogP contribution in [0.1, 0.15) is 21.5 Å². The lowest BCUT2D eigenvalue weighted by Gasteiger charge is -2.09. The van der Waals surface area contributed by atoms with E-state index in [2.05, 4.69) is 0 Å². The maximum Gasteiger partial charge on any atom is 0.417 e. The summed E-state index contributed by atoms with van der Waals surface area (Å²) in [6, 6.07) is 2.52. The van der Waals surface area contributed by atoms with Crippen molar-refractivity contribution in [2.45, 2.75) is 6.18 Å². The van der Waals surface area contributed by atoms with Gasteiger partial charge in [-0.15, -0.1) is 6.42 Å². The molecule has 5 heteroatoms. The molecule has 1 aromatic rings. The van der Waals surface area contributed by atoms with Crippen LogP contribution in [0.15, 0.2) is 18.2 Å². The van der Waals surface area contributed by atoms with E-state index in [9.17, 15) is 18.0 Å². The molecule has 1 N–H and O–H groups in total. The van der Waals surface area contributed by atoms with Crippen molar-refractivity contribution < 1.29 is 23.1 Å². The largest absolute Gasteiger partial charge is 0.478 e. The Morgan fingerprint density at radius 3 is 2.40 bits per heavy atom. The Hall–Kier alpha value is -1.96. The molecule has 0 atom stereocenters. The number of carboxylic acids is 1. The van der Waals surface area contributed by atoms with Gasteiger partial charge in [0, 0.05) is 5.56 Å². The van der Waals surface area contributed by atoms with Gasteiger partial charge in [0.1, 0.15) is 0 Å². The van der Waals surface area contributed by atoms with Gasteiger partial charge in [0.05, 0.1) is 11.1 Å². The third kappa shape index (κ3) is 2.29. The Morgan fingerprint density at radius 1 is 1.40 bits per heavy atom. The Labute approximate surface area is 83.3 Å². The summed E-state index contributed by atoms with van der Waals surface area (Å²) in [6.45, 7) is 0. The summed E-state index contributed by atoms with van der Waals surface area (Å²) in [4.78, 5) is 10.5. The fraction of sp³-hybridized carbons (Fsp3) is 0.100. The predicted molar refractivity (Wildman–Crippen MR) is 46.3 cm³/mol. The molecule has 0 aromatic heterocycles. The van der Waals surface area contributed by atoms with Gasteiger partial charge < -0.3 is 5.11 Å². The van der Waals surface area contributed by atoms with Gasteiger partial charge >= 0.3 is 12.1 Å². The van der Waals surface area contributed by atoms with Gasteiger partial charge in [-0.1, -0.05) is 5.92 Å². The number of hydrogen-bond acceptors (Lipinski definition) is 1. The molecule has 0 heterocycles. The first-order chi connectivity index (χ1) is 6.86. The van der Waals surface area contributed by atoms with Crippen molar-refractivity contribution >= 4 is 5.97 Å². The molecule has 0 aliphatic rings. The van der Waals surface area contributed by atoms with E-state index in [1.807, 2.05) is 5.92 Å². The van der Waals surface area contributed by atoms with Gasteiger partial charge in [-0.3, -0.25) is 0 Å². The van der Waals surface area contributed by atoms with Crippen molar-refractivity contribution in [3.63, 3.8) is 0 Å². The Morgan fingerprint density at radius 2 is 2.00 bits per heavy atom. The average molecular weight is 214 g/mol. The van der Waals surface area contributed by atoms with Crippen molar-refractivity contribution in [2.75, 3.05) is 0 Å². The molecule has 0 radical (unpaired) electrons. The van der Waals surface area contributed by atoms with E-state index in [-0.39, 0.29) is 5.56 Å². The van der Waals surface area contributed by atoms with Crippen LogP contribution in [0, 0.1) is 12.3 Å². The van der Waals surface area contributed by atoms with Crippen LogP contribution in [0.2, 0.25) is 0 Å². The van der Waals surface area contributed by atoms with Crippen molar-refractivity contribution in [2.24, 2.45) is 0 Å². The summed E-state index contributed by atoms with van der Waals surface area (Å²) in [7, 11) is 0. The van der Waals surface area contributed by atoms with Gasteiger partial charge in [0.25, 0.3) is 0 Å². The van der Waals surface area contributed by atoms with Gasteiger partial charge in [-0.05, 0) is 18.2 Å². The normalized spacial score (nSPS) is 10.8. The van der Waals surface area contributed by atoms with Crippen LogP contribution >= 0.6 is 0 Å². The topological polar surface area (TPSA) is 37.3 Å². The lowest BCUT2D eigenvalue weighted by molar-refractivity contribution is -0.137. The van der Waals surface area contributed by atoms with E-state index in [0.29, 0.717) is 6.07 Å². The molecule has 1 rings (SSSR count). The molecular weight excluding hydrogens is 209 g/mol. The summed E-state index contributed by atoms with van der Waals surface area (Å²) in [5, 5.41) is 8.52. The molecule has 2 nitrogen and oxygen atoms in total. The third-order valence-corrected chi connectivity index (χ3v) is 1.73. The lowest BCUT2D eigenvalue weighted by Crippen LogP contribution is -2.10. The number of carboxylic acid groups (broad SMARTS) is 1. The fourth-order valence-corrected chi connectivity index (χ4v) is 1.04. The molecule has 0 amide bonds. The quantitative estimate of drug-likeness (QED) is 0.728. The number of terminal acetylenes is 1. The zero-order valence-corrected chi connectivity index (χ0v) is 7.30. The van der Waals surface area contributed by atoms with Crippen LogP contribution < -0.4 is 0 Å². The fourth-order valence-electron chi connectivity index (χ4n) is 1.04. The second-order valence-electron chi connectivity index (χ2n) is 2.71. The van der Waals surface area contributed by atoms with Gasteiger partial charge in [0.15, 0.2) is 0 Å². The van der Waals surface area contributed by atoms with Crippen molar-refractivity contribution in [3.8, 4) is 12.3 Å². The Bertz CT molecular complexity index is 441. The SMILES string of the molecule is C#Cc1ccc(C(=O)O)cc1C(F)(F)F. The zero-order valence-electron chi connectivity index (χ0n) is 7.30. The molecule has 78 valence electrons. The lowest BCUT2D eigenvalue weighted by atomic mass is 10.0. The first-order valence-corrected chi connectivity index (χ1v) is 3.77. The van der Waals surface area contributed by atoms with E-state index >= 15 is 0 Å². The number of hydrogen-bond donors (Lipinski definition) is 1. The van der Waals surface area contributed by atoms with Crippen LogP contribution in [0.3, 0.4) is 0 Å². The van der Waals surface area contributed by atoms with E-state index in [4.69, 9.17) is 11.5 Å². The van der Waals surface area contributed by atoms with E-state index in [0.717, 1.165) is 12.1 Å². The molecule has 0 fully saturated rings. The summed E-state index contributed by atoms with van der Waals surface area (Å²) in [6.07, 6.45) is 0.230. The molecule has 0 saturated carbocycles. The minimum atomic E-state index is -4.65. The standard InChI is InChI=1S/C10H5F3O2/c1-2-6-3-4-7(9(14)15)5-8(6)10(11,12)13/h1,3-5H,(H,14,15). The smallest absolute Gasteiger partial charge is 0.417 e. The van der Waals surface area contributed by atoms with E-state index in [1.54, 1.807) is 0 Å². The maximum atomic E-state index is 12.4. The highest BCUT2D eigenvalue weighted by Crippen LogP contribution is 2.32. The number of rotatable bonds is 1. The van der Waals surface area contributed by atoms with Gasteiger partial charge in [-0.25, -0.2) is 4.79 Å². The van der Waals surface area contributed by atoms with Crippen LogP contribution in [-0.4, -0.2) is 11.1 Å². The molecule has 0 bridgehead atoms. The predicted octanol–water partition coefficient (Wildman–Crippen LogP) is 2.38. The highest BCUT2D eigenvalue weighted by atomic mass is 19.4. The zero-order chi connectivity index (χ0) is 11.6. The summed E-state index contributed by atoms with van der Waals surface area (Å²) in [5.41, 5.74) is -1.92. The van der Waals surface area contributed by atoms with Crippen molar-refractivity contribution in [1.82, 2.24) is 0 Å². The molecular formula is C10H5F3O2. The molecule has 15 heavy (non-hydrogen) atoms. The monoisotopic (exact) mass is 214 g/mol. The average Bonchev–Trinajstić information content (AvgIpc) is 2.15. The minimum Gasteiger partial charge on any atom is -0.478 e. The first kappa shape index (κ1) is 11.1. The Kier molecular flexibility index (Phi) is 2.71. The molecule has 0 saturated heterocycles. The van der Waals surface area contributed by atoms with Gasteiger partial charge in [-0.2, -0.15) is 13.2 Å². The third-order valence-electron chi connectivity index (χ3n) is 1.73. The molecule has 0 unspecified atom stereocenters. The molecule has 0 aliphatic heterocycles. The van der Waals surface area contributed by atoms with Crippen LogP contribution in [-0.2, 0) is 6.18 Å². The van der Waals surface area contributed by atoms with Crippen LogP contribution in [0.5, 0.6) is 0 Å². The summed E-state index contributed by atoms with van der Waals surface area (Å²) in [5.74, 6) is 0.429. The molecule has 1 aromatic carbocycles. The van der Waals surface area contributed by atoms with E-state index in [1.165, 1.54) is 0 Å². The number of alkyl halides is 3. The first-order valence-electron chi connectivity index (χ1n) is 3.77. The van der Waals surface area contributed by atoms with Crippen molar-refractivity contribution in [3.05, 3.63) is 34.9 Å². The van der Waals surface area contributed by atoms with E-state index < -0.39 is 23.3 Å². The van der Waals surface area contributed by atoms with Crippen molar-refractivity contribution in [1.29, 1.82) is 0 Å². The van der Waals surface area contributed by atoms with Crippen LogP contribution in [0.4, 0.5) is 13.2 Å². The van der Waals surface area contributed by atoms with Gasteiger partial charge in [0.2, 0.25) is 0 Å². The second-order valence-corrected chi connectivity index (χ2v) is 2.71.